The monoisotopic (exact) mass is 332 g/mol. The lowest BCUT2D eigenvalue weighted by Gasteiger charge is -2.39. The van der Waals surface area contributed by atoms with Crippen LogP contribution in [0.2, 0.25) is 0 Å². The van der Waals surface area contributed by atoms with Crippen LogP contribution in [0.1, 0.15) is 11.7 Å². The second-order valence-electron chi connectivity index (χ2n) is 5.37. The Balaban J connectivity index is 2.06. The average molecular weight is 332 g/mol. The Morgan fingerprint density at radius 3 is 2.91 bits per heavy atom. The molecule has 1 saturated heterocycles. The van der Waals surface area contributed by atoms with Gasteiger partial charge in [-0.3, -0.25) is 9.58 Å². The molecular formula is C13H24N4O4S. The highest BCUT2D eigenvalue weighted by atomic mass is 32.2. The van der Waals surface area contributed by atoms with E-state index in [1.165, 1.54) is 7.11 Å². The Kier molecular flexibility index (Phi) is 5.93. The van der Waals surface area contributed by atoms with Gasteiger partial charge in [0.25, 0.3) is 0 Å². The maximum Gasteiger partial charge on any atom is 0.213 e. The summed E-state index contributed by atoms with van der Waals surface area (Å²) in [5, 5.41) is 4.19. The smallest absolute Gasteiger partial charge is 0.213 e. The van der Waals surface area contributed by atoms with Gasteiger partial charge in [-0.2, -0.15) is 5.10 Å². The lowest BCUT2D eigenvalue weighted by molar-refractivity contribution is -0.0616. The third kappa shape index (κ3) is 4.26. The number of hydrogen-bond acceptors (Lipinski definition) is 6. The van der Waals surface area contributed by atoms with E-state index in [4.69, 9.17) is 9.47 Å². The molecule has 0 spiro atoms. The number of rotatable bonds is 7. The van der Waals surface area contributed by atoms with Crippen LogP contribution in [0.3, 0.4) is 0 Å². The quantitative estimate of drug-likeness (QED) is 0.715. The van der Waals surface area contributed by atoms with Crippen molar-refractivity contribution in [3.63, 3.8) is 0 Å². The van der Waals surface area contributed by atoms with E-state index in [1.807, 2.05) is 20.2 Å². The van der Waals surface area contributed by atoms with Crippen LogP contribution >= 0.6 is 0 Å². The molecule has 1 aromatic rings. The summed E-state index contributed by atoms with van der Waals surface area (Å²) >= 11 is 0. The second kappa shape index (κ2) is 7.51. The molecule has 0 amide bonds. The SMILES string of the molecule is COCCS(=O)(=O)NC[C@@H]1OCCN(C)[C@H]1c1ccnn1C. The Labute approximate surface area is 131 Å². The standard InChI is InChI=1S/C13H24N4O4S/c1-16-6-7-21-12(10-15-22(18,19)9-8-20-3)13(16)11-4-5-14-17(11)2/h4-5,12-13,15H,6-10H2,1-3H3/t12-,13-/m0/s1. The van der Waals surface area contributed by atoms with E-state index < -0.39 is 10.0 Å². The number of morpholine rings is 1. The summed E-state index contributed by atoms with van der Waals surface area (Å²) in [6.07, 6.45) is 1.48. The molecule has 2 atom stereocenters. The van der Waals surface area contributed by atoms with Crippen LogP contribution in [-0.2, 0) is 26.5 Å². The van der Waals surface area contributed by atoms with Crippen molar-refractivity contribution in [2.75, 3.05) is 46.2 Å². The van der Waals surface area contributed by atoms with E-state index in [2.05, 4.69) is 14.7 Å². The van der Waals surface area contributed by atoms with Gasteiger partial charge in [-0.15, -0.1) is 0 Å². The molecule has 0 unspecified atom stereocenters. The molecule has 1 aliphatic rings. The van der Waals surface area contributed by atoms with Crippen LogP contribution in [0.4, 0.5) is 0 Å². The average Bonchev–Trinajstić information content (AvgIpc) is 2.89. The van der Waals surface area contributed by atoms with Crippen molar-refractivity contribution in [1.29, 1.82) is 0 Å². The normalized spacial score (nSPS) is 23.8. The molecule has 8 nitrogen and oxygen atoms in total. The van der Waals surface area contributed by atoms with E-state index in [1.54, 1.807) is 10.9 Å². The van der Waals surface area contributed by atoms with Crippen molar-refractivity contribution in [3.8, 4) is 0 Å². The highest BCUT2D eigenvalue weighted by molar-refractivity contribution is 7.89. The summed E-state index contributed by atoms with van der Waals surface area (Å²) in [5.41, 5.74) is 1.00. The zero-order valence-corrected chi connectivity index (χ0v) is 14.0. The third-order valence-electron chi connectivity index (χ3n) is 3.83. The summed E-state index contributed by atoms with van der Waals surface area (Å²) < 4.78 is 38.8. The van der Waals surface area contributed by atoms with Gasteiger partial charge in [-0.25, -0.2) is 13.1 Å². The van der Waals surface area contributed by atoms with Gasteiger partial charge in [-0.05, 0) is 13.1 Å². The molecule has 0 aliphatic carbocycles. The lowest BCUT2D eigenvalue weighted by Crippen LogP contribution is -2.49. The molecular weight excluding hydrogens is 308 g/mol. The minimum absolute atomic E-state index is 0.0358. The molecule has 0 saturated carbocycles. The number of methoxy groups -OCH3 is 1. The molecule has 1 aliphatic heterocycles. The van der Waals surface area contributed by atoms with Crippen LogP contribution in [-0.4, -0.2) is 75.4 Å². The van der Waals surface area contributed by atoms with E-state index in [-0.39, 0.29) is 31.1 Å². The van der Waals surface area contributed by atoms with Gasteiger partial charge < -0.3 is 9.47 Å². The number of nitrogens with one attached hydrogen (secondary N) is 1. The number of aromatic nitrogens is 2. The molecule has 0 radical (unpaired) electrons. The molecule has 126 valence electrons. The van der Waals surface area contributed by atoms with Crippen LogP contribution in [0, 0.1) is 0 Å². The van der Waals surface area contributed by atoms with Crippen molar-refractivity contribution >= 4 is 10.0 Å². The molecule has 9 heteroatoms. The highest BCUT2D eigenvalue weighted by Crippen LogP contribution is 2.27. The molecule has 1 N–H and O–H groups in total. The minimum Gasteiger partial charge on any atom is -0.384 e. The van der Waals surface area contributed by atoms with Gasteiger partial charge in [0.1, 0.15) is 0 Å². The summed E-state index contributed by atoms with van der Waals surface area (Å²) in [4.78, 5) is 2.16. The molecule has 2 rings (SSSR count). The van der Waals surface area contributed by atoms with E-state index >= 15 is 0 Å². The summed E-state index contributed by atoms with van der Waals surface area (Å²) in [7, 11) is 2.00. The van der Waals surface area contributed by atoms with Crippen molar-refractivity contribution in [1.82, 2.24) is 19.4 Å². The maximum atomic E-state index is 11.9. The van der Waals surface area contributed by atoms with Gasteiger partial charge in [-0.1, -0.05) is 0 Å². The Hall–Kier alpha value is -1.00. The summed E-state index contributed by atoms with van der Waals surface area (Å²) in [6.45, 7) is 1.77. The number of nitrogens with zero attached hydrogens (tertiary/aromatic N) is 3. The lowest BCUT2D eigenvalue weighted by atomic mass is 10.0. The Bertz CT molecular complexity index is 574. The fraction of sp³-hybridized carbons (Fsp3) is 0.769. The van der Waals surface area contributed by atoms with Gasteiger partial charge in [0, 0.05) is 33.4 Å². The van der Waals surface area contributed by atoms with Crippen molar-refractivity contribution in [2.45, 2.75) is 12.1 Å². The fourth-order valence-electron chi connectivity index (χ4n) is 2.60. The van der Waals surface area contributed by atoms with Crippen LogP contribution < -0.4 is 4.72 Å². The first-order chi connectivity index (χ1) is 10.4. The van der Waals surface area contributed by atoms with Crippen molar-refractivity contribution in [3.05, 3.63) is 18.0 Å². The first-order valence-corrected chi connectivity index (χ1v) is 8.86. The predicted octanol–water partition coefficient (Wildman–Crippen LogP) is -0.642. The minimum atomic E-state index is -3.36. The topological polar surface area (TPSA) is 85.7 Å². The number of aryl methyl sites for hydroxylation is 1. The van der Waals surface area contributed by atoms with Crippen molar-refractivity contribution < 1.29 is 17.9 Å². The second-order valence-corrected chi connectivity index (χ2v) is 7.30. The highest BCUT2D eigenvalue weighted by Gasteiger charge is 2.34. The molecule has 2 heterocycles. The molecule has 1 fully saturated rings. The molecule has 22 heavy (non-hydrogen) atoms. The zero-order valence-electron chi connectivity index (χ0n) is 13.2. The number of ether oxygens (including phenoxy) is 2. The van der Waals surface area contributed by atoms with Crippen LogP contribution in [0.15, 0.2) is 12.3 Å². The van der Waals surface area contributed by atoms with Crippen molar-refractivity contribution in [2.24, 2.45) is 7.05 Å². The van der Waals surface area contributed by atoms with Gasteiger partial charge in [0.2, 0.25) is 10.0 Å². The largest absolute Gasteiger partial charge is 0.384 e. The Morgan fingerprint density at radius 1 is 1.50 bits per heavy atom. The van der Waals surface area contributed by atoms with Gasteiger partial charge in [0.05, 0.1) is 36.8 Å². The van der Waals surface area contributed by atoms with Gasteiger partial charge in [0.15, 0.2) is 0 Å². The van der Waals surface area contributed by atoms with E-state index in [0.717, 1.165) is 12.2 Å². The van der Waals surface area contributed by atoms with E-state index in [0.29, 0.717) is 6.61 Å². The third-order valence-corrected chi connectivity index (χ3v) is 5.14. The van der Waals surface area contributed by atoms with Crippen LogP contribution in [0.5, 0.6) is 0 Å². The number of sulfonamides is 1. The summed E-state index contributed by atoms with van der Waals surface area (Å²) in [6, 6.07) is 1.90. The number of hydrogen-bond donors (Lipinski definition) is 1. The number of likely N-dealkylation sites (N-methyl/N-ethyl adjacent to an activating group) is 1. The summed E-state index contributed by atoms with van der Waals surface area (Å²) in [5.74, 6) is -0.0531. The fourth-order valence-corrected chi connectivity index (χ4v) is 3.55. The van der Waals surface area contributed by atoms with Crippen LogP contribution in [0.25, 0.3) is 0 Å². The predicted molar refractivity (Wildman–Crippen MR) is 82.0 cm³/mol. The molecule has 0 aromatic carbocycles. The Morgan fingerprint density at radius 2 is 2.27 bits per heavy atom. The first kappa shape index (κ1) is 17.4. The molecule has 0 bridgehead atoms. The van der Waals surface area contributed by atoms with E-state index in [9.17, 15) is 8.42 Å². The molecule has 1 aromatic heterocycles. The van der Waals surface area contributed by atoms with Gasteiger partial charge >= 0.3 is 0 Å². The maximum absolute atomic E-state index is 11.9. The zero-order chi connectivity index (χ0) is 16.2. The first-order valence-electron chi connectivity index (χ1n) is 7.20.